The molecule has 33 heavy (non-hydrogen) atoms. The van der Waals surface area contributed by atoms with E-state index in [0.717, 1.165) is 67.7 Å². The quantitative estimate of drug-likeness (QED) is 0.426. The van der Waals surface area contributed by atoms with Crippen molar-refractivity contribution in [2.24, 2.45) is 0 Å². The zero-order chi connectivity index (χ0) is 23.6. The topological polar surface area (TPSA) is 32.3 Å². The number of rotatable bonds is 5. The number of nitrogens with zero attached hydrogens (tertiary/aromatic N) is 1. The van der Waals surface area contributed by atoms with E-state index in [1.807, 2.05) is 24.3 Å². The maximum atomic E-state index is 13.4. The minimum absolute atomic E-state index is 0.154. The number of likely N-dealkylation sites (tertiary alicyclic amines) is 1. The van der Waals surface area contributed by atoms with Gasteiger partial charge in [-0.3, -0.25) is 9.69 Å². The van der Waals surface area contributed by atoms with E-state index in [2.05, 4.69) is 26.1 Å². The highest BCUT2D eigenvalue weighted by Gasteiger charge is 2.47. The molecule has 2 aromatic carbocycles. The number of amides is 1. The predicted octanol–water partition coefficient (Wildman–Crippen LogP) is 7.39. The summed E-state index contributed by atoms with van der Waals surface area (Å²) >= 11 is 9.62. The first-order valence-corrected chi connectivity index (χ1v) is 12.6. The number of carbonyl (C=O) groups is 1. The standard InChI is InChI=1S/C25H27BrClF3N2O/c26-18-9-6-8-17(16-18)22(24(12-2-3-13-24)32-14-4-1-5-15-32)31-23(33)19-10-7-11-20(21(19)27)25(28,29)30/h6-11,16,22H,1-5,12-15H2,(H,31,33). The van der Waals surface area contributed by atoms with Gasteiger partial charge in [0.25, 0.3) is 5.91 Å². The summed E-state index contributed by atoms with van der Waals surface area (Å²) in [6.07, 6.45) is 2.77. The first-order chi connectivity index (χ1) is 15.7. The molecule has 4 rings (SSSR count). The molecule has 1 saturated heterocycles. The number of halogens is 5. The van der Waals surface area contributed by atoms with Crippen molar-refractivity contribution < 1.29 is 18.0 Å². The molecule has 0 radical (unpaired) electrons. The summed E-state index contributed by atoms with van der Waals surface area (Å²) in [4.78, 5) is 15.9. The van der Waals surface area contributed by atoms with Crippen molar-refractivity contribution in [1.82, 2.24) is 10.2 Å². The summed E-state index contributed by atoms with van der Waals surface area (Å²) in [6.45, 7) is 1.93. The van der Waals surface area contributed by atoms with Crippen molar-refractivity contribution >= 4 is 33.4 Å². The lowest BCUT2D eigenvalue weighted by Crippen LogP contribution is -2.57. The van der Waals surface area contributed by atoms with Crippen molar-refractivity contribution in [2.75, 3.05) is 13.1 Å². The molecule has 0 aromatic heterocycles. The monoisotopic (exact) mass is 542 g/mol. The van der Waals surface area contributed by atoms with Crippen LogP contribution in [0.5, 0.6) is 0 Å². The SMILES string of the molecule is O=C(NC(c1cccc(Br)c1)C1(N2CCCCC2)CCCC1)c1cccc(C(F)(F)F)c1Cl. The Labute approximate surface area is 205 Å². The molecule has 0 spiro atoms. The molecule has 1 N–H and O–H groups in total. The van der Waals surface area contributed by atoms with E-state index in [1.165, 1.54) is 18.6 Å². The minimum atomic E-state index is -4.63. The molecular formula is C25H27BrClF3N2O. The van der Waals surface area contributed by atoms with Gasteiger partial charge in [-0.05, 0) is 68.6 Å². The van der Waals surface area contributed by atoms with E-state index >= 15 is 0 Å². The van der Waals surface area contributed by atoms with Crippen molar-refractivity contribution in [3.63, 3.8) is 0 Å². The van der Waals surface area contributed by atoms with Crippen LogP contribution in [0.15, 0.2) is 46.9 Å². The number of benzene rings is 2. The van der Waals surface area contributed by atoms with Crippen molar-refractivity contribution in [1.29, 1.82) is 0 Å². The normalized spacial score (nSPS) is 19.9. The zero-order valence-corrected chi connectivity index (χ0v) is 20.6. The Morgan fingerprint density at radius 3 is 2.33 bits per heavy atom. The highest BCUT2D eigenvalue weighted by Crippen LogP contribution is 2.46. The van der Waals surface area contributed by atoms with Crippen LogP contribution < -0.4 is 5.32 Å². The molecule has 2 fully saturated rings. The number of carbonyl (C=O) groups excluding carboxylic acids is 1. The van der Waals surface area contributed by atoms with Gasteiger partial charge in [-0.1, -0.05) is 65.0 Å². The largest absolute Gasteiger partial charge is 0.417 e. The third kappa shape index (κ3) is 5.10. The lowest BCUT2D eigenvalue weighted by Gasteiger charge is -2.49. The highest BCUT2D eigenvalue weighted by atomic mass is 79.9. The molecule has 2 aliphatic rings. The lowest BCUT2D eigenvalue weighted by atomic mass is 9.80. The summed E-state index contributed by atoms with van der Waals surface area (Å²) in [5, 5.41) is 2.56. The fourth-order valence-corrected chi connectivity index (χ4v) is 6.20. The van der Waals surface area contributed by atoms with E-state index < -0.39 is 22.7 Å². The Balaban J connectivity index is 1.74. The second kappa shape index (κ2) is 9.96. The molecule has 8 heteroatoms. The Morgan fingerprint density at radius 1 is 1.03 bits per heavy atom. The number of nitrogens with one attached hydrogen (secondary N) is 1. The first-order valence-electron chi connectivity index (χ1n) is 11.4. The summed E-state index contributed by atoms with van der Waals surface area (Å²) < 4.78 is 41.0. The zero-order valence-electron chi connectivity index (χ0n) is 18.2. The molecule has 1 aliphatic carbocycles. The van der Waals surface area contributed by atoms with Gasteiger partial charge in [-0.15, -0.1) is 0 Å². The molecule has 1 heterocycles. The van der Waals surface area contributed by atoms with Crippen LogP contribution >= 0.6 is 27.5 Å². The fourth-order valence-electron chi connectivity index (χ4n) is 5.46. The first kappa shape index (κ1) is 24.6. The van der Waals surface area contributed by atoms with Crippen LogP contribution in [-0.4, -0.2) is 29.4 Å². The Morgan fingerprint density at radius 2 is 1.70 bits per heavy atom. The van der Waals surface area contributed by atoms with E-state index in [4.69, 9.17) is 11.6 Å². The van der Waals surface area contributed by atoms with Gasteiger partial charge in [0, 0.05) is 10.0 Å². The molecule has 1 saturated carbocycles. The van der Waals surface area contributed by atoms with Crippen LogP contribution in [0.1, 0.15) is 72.5 Å². The molecular weight excluding hydrogens is 517 g/mol. The average molecular weight is 544 g/mol. The molecule has 3 nitrogen and oxygen atoms in total. The second-order valence-corrected chi connectivity index (χ2v) is 10.3. The van der Waals surface area contributed by atoms with E-state index in [0.29, 0.717) is 0 Å². The summed E-state index contributed by atoms with van der Waals surface area (Å²) in [6, 6.07) is 10.9. The van der Waals surface area contributed by atoms with Gasteiger partial charge in [0.1, 0.15) is 0 Å². The summed E-state index contributed by atoms with van der Waals surface area (Å²) in [5.74, 6) is -0.584. The maximum absolute atomic E-state index is 13.4. The van der Waals surface area contributed by atoms with Crippen molar-refractivity contribution in [2.45, 2.75) is 62.7 Å². The van der Waals surface area contributed by atoms with Gasteiger partial charge in [0.15, 0.2) is 0 Å². The van der Waals surface area contributed by atoms with Gasteiger partial charge < -0.3 is 5.32 Å². The van der Waals surface area contributed by atoms with Crippen LogP contribution in [0.2, 0.25) is 5.02 Å². The predicted molar refractivity (Wildman–Crippen MR) is 127 cm³/mol. The van der Waals surface area contributed by atoms with E-state index in [-0.39, 0.29) is 17.1 Å². The van der Waals surface area contributed by atoms with Crippen LogP contribution in [0.25, 0.3) is 0 Å². The molecule has 1 unspecified atom stereocenters. The van der Waals surface area contributed by atoms with Gasteiger partial charge in [-0.2, -0.15) is 13.2 Å². The van der Waals surface area contributed by atoms with Gasteiger partial charge >= 0.3 is 6.18 Å². The molecule has 178 valence electrons. The van der Waals surface area contributed by atoms with Gasteiger partial charge in [-0.25, -0.2) is 0 Å². The number of hydrogen-bond acceptors (Lipinski definition) is 2. The van der Waals surface area contributed by atoms with Crippen molar-refractivity contribution in [3.05, 3.63) is 68.7 Å². The smallest absolute Gasteiger partial charge is 0.343 e. The summed E-state index contributed by atoms with van der Waals surface area (Å²) in [7, 11) is 0. The molecule has 1 atom stereocenters. The van der Waals surface area contributed by atoms with Gasteiger partial charge in [0.05, 0.1) is 22.2 Å². The number of alkyl halides is 3. The average Bonchev–Trinajstić information content (AvgIpc) is 3.28. The minimum Gasteiger partial charge on any atom is -0.343 e. The van der Waals surface area contributed by atoms with Crippen molar-refractivity contribution in [3.8, 4) is 0 Å². The molecule has 0 bridgehead atoms. The van der Waals surface area contributed by atoms with Gasteiger partial charge in [0.2, 0.25) is 0 Å². The number of piperidine rings is 1. The Hall–Kier alpha value is -1.57. The second-order valence-electron chi connectivity index (χ2n) is 8.98. The van der Waals surface area contributed by atoms with E-state index in [9.17, 15) is 18.0 Å². The molecule has 1 aliphatic heterocycles. The maximum Gasteiger partial charge on any atom is 0.417 e. The highest BCUT2D eigenvalue weighted by molar-refractivity contribution is 9.10. The number of hydrogen-bond donors (Lipinski definition) is 1. The molecule has 2 aromatic rings. The van der Waals surface area contributed by atoms with Crippen LogP contribution in [-0.2, 0) is 6.18 Å². The third-order valence-corrected chi connectivity index (χ3v) is 7.90. The third-order valence-electron chi connectivity index (χ3n) is 7.00. The van der Waals surface area contributed by atoms with Crippen LogP contribution in [0.3, 0.4) is 0 Å². The summed E-state index contributed by atoms with van der Waals surface area (Å²) in [5.41, 5.74) is -0.487. The molecule has 1 amide bonds. The Bertz CT molecular complexity index is 1000. The van der Waals surface area contributed by atoms with E-state index in [1.54, 1.807) is 0 Å². The fraction of sp³-hybridized carbons (Fsp3) is 0.480. The van der Waals surface area contributed by atoms with Crippen LogP contribution in [0, 0.1) is 0 Å². The van der Waals surface area contributed by atoms with Crippen LogP contribution in [0.4, 0.5) is 13.2 Å². The Kier molecular flexibility index (Phi) is 7.41. The lowest BCUT2D eigenvalue weighted by molar-refractivity contribution is -0.137.